The number of aliphatic hydroxyl groups excluding tert-OH is 1. The molecule has 13 nitrogen and oxygen atoms in total. The van der Waals surface area contributed by atoms with Gasteiger partial charge in [-0.2, -0.15) is 4.98 Å². The number of nitrogens with zero attached hydrogens (tertiary/aromatic N) is 4. The highest BCUT2D eigenvalue weighted by Gasteiger charge is 2.40. The highest BCUT2D eigenvalue weighted by molar-refractivity contribution is 5.86. The molecule has 13 heteroatoms. The van der Waals surface area contributed by atoms with Crippen molar-refractivity contribution < 1.29 is 28.9 Å². The summed E-state index contributed by atoms with van der Waals surface area (Å²) in [7, 11) is 3.20. The number of carbonyl (C=O) groups is 2. The van der Waals surface area contributed by atoms with E-state index in [1.807, 2.05) is 0 Å². The molecular formula is C29H41N7O6. The molecule has 3 rings (SSSR count). The summed E-state index contributed by atoms with van der Waals surface area (Å²) in [6.45, 7) is 6.96. The lowest BCUT2D eigenvalue weighted by molar-refractivity contribution is -0.125. The minimum atomic E-state index is -0.773. The van der Waals surface area contributed by atoms with Crippen molar-refractivity contribution in [3.05, 3.63) is 30.1 Å². The molecule has 1 aliphatic rings. The number of unbranched alkanes of at least 4 members (excludes halogenated alkanes) is 1. The maximum Gasteiger partial charge on any atom is 0.411 e. The lowest BCUT2D eigenvalue weighted by atomic mass is 10.2. The number of aliphatic hydroxyl groups is 1. The quantitative estimate of drug-likeness (QED) is 0.215. The molecule has 1 saturated heterocycles. The fourth-order valence-corrected chi connectivity index (χ4v) is 4.07. The SMILES string of the molecule is COCCCNc1nc(Nc2ccnc(OC)c2)ncc1C#CCCCNC(=O)[C@@H]1C[C@H](O)CN1C(=O)OC(C)(C)C. The van der Waals surface area contributed by atoms with E-state index >= 15 is 0 Å². The number of aromatic nitrogens is 3. The lowest BCUT2D eigenvalue weighted by Gasteiger charge is -2.27. The zero-order valence-electron chi connectivity index (χ0n) is 24.9. The molecule has 1 aliphatic heterocycles. The second-order valence-electron chi connectivity index (χ2n) is 10.7. The molecule has 2 amide bonds. The Morgan fingerprint density at radius 3 is 2.74 bits per heavy atom. The van der Waals surface area contributed by atoms with Crippen LogP contribution in [0.3, 0.4) is 0 Å². The highest BCUT2D eigenvalue weighted by Crippen LogP contribution is 2.22. The van der Waals surface area contributed by atoms with Gasteiger partial charge in [-0.3, -0.25) is 9.69 Å². The smallest absolute Gasteiger partial charge is 0.411 e. The summed E-state index contributed by atoms with van der Waals surface area (Å²) in [5.41, 5.74) is 0.677. The Morgan fingerprint density at radius 2 is 2.00 bits per heavy atom. The lowest BCUT2D eigenvalue weighted by Crippen LogP contribution is -2.47. The number of hydrogen-bond donors (Lipinski definition) is 4. The van der Waals surface area contributed by atoms with Gasteiger partial charge in [-0.1, -0.05) is 11.8 Å². The maximum absolute atomic E-state index is 12.8. The van der Waals surface area contributed by atoms with Gasteiger partial charge in [-0.05, 0) is 39.7 Å². The van der Waals surface area contributed by atoms with E-state index in [0.29, 0.717) is 55.7 Å². The third-order valence-electron chi connectivity index (χ3n) is 6.02. The Labute approximate surface area is 246 Å². The highest BCUT2D eigenvalue weighted by atomic mass is 16.6. The summed E-state index contributed by atoms with van der Waals surface area (Å²) in [6, 6.07) is 2.75. The predicted octanol–water partition coefficient (Wildman–Crippen LogP) is 2.69. The number of methoxy groups -OCH3 is 2. The number of pyridine rings is 1. The van der Waals surface area contributed by atoms with Crippen LogP contribution in [-0.4, -0.2) is 95.2 Å². The van der Waals surface area contributed by atoms with Crippen molar-refractivity contribution in [2.45, 2.75) is 64.2 Å². The van der Waals surface area contributed by atoms with Gasteiger partial charge in [-0.25, -0.2) is 14.8 Å². The Balaban J connectivity index is 1.56. The fraction of sp³-hybridized carbons (Fsp3) is 0.552. The number of rotatable bonds is 12. The van der Waals surface area contributed by atoms with Crippen molar-refractivity contribution in [1.82, 2.24) is 25.2 Å². The molecule has 0 saturated carbocycles. The molecule has 228 valence electrons. The van der Waals surface area contributed by atoms with E-state index in [-0.39, 0.29) is 18.9 Å². The molecule has 0 aromatic carbocycles. The monoisotopic (exact) mass is 583 g/mol. The second-order valence-corrected chi connectivity index (χ2v) is 10.7. The van der Waals surface area contributed by atoms with E-state index in [9.17, 15) is 14.7 Å². The molecule has 2 atom stereocenters. The van der Waals surface area contributed by atoms with Gasteiger partial charge in [0, 0.05) is 57.6 Å². The van der Waals surface area contributed by atoms with Crippen LogP contribution in [0.4, 0.5) is 22.2 Å². The van der Waals surface area contributed by atoms with Gasteiger partial charge < -0.3 is 35.3 Å². The van der Waals surface area contributed by atoms with Crippen molar-refractivity contribution in [1.29, 1.82) is 0 Å². The summed E-state index contributed by atoms with van der Waals surface area (Å²) < 4.78 is 15.7. The van der Waals surface area contributed by atoms with Crippen molar-refractivity contribution in [3.8, 4) is 17.7 Å². The topological polar surface area (TPSA) is 160 Å². The van der Waals surface area contributed by atoms with E-state index in [2.05, 4.69) is 42.7 Å². The van der Waals surface area contributed by atoms with Crippen LogP contribution in [0.5, 0.6) is 5.88 Å². The summed E-state index contributed by atoms with van der Waals surface area (Å²) >= 11 is 0. The molecule has 2 aromatic rings. The van der Waals surface area contributed by atoms with E-state index in [1.54, 1.807) is 59.5 Å². The molecule has 0 unspecified atom stereocenters. The molecule has 1 fully saturated rings. The van der Waals surface area contributed by atoms with E-state index in [0.717, 1.165) is 12.1 Å². The van der Waals surface area contributed by atoms with Crippen molar-refractivity contribution in [2.75, 3.05) is 51.1 Å². The zero-order valence-corrected chi connectivity index (χ0v) is 24.9. The average Bonchev–Trinajstić information content (AvgIpc) is 3.35. The summed E-state index contributed by atoms with van der Waals surface area (Å²) in [5.74, 6) is 7.36. The van der Waals surface area contributed by atoms with Gasteiger partial charge in [0.2, 0.25) is 17.7 Å². The molecule has 0 spiro atoms. The number of hydrogen-bond acceptors (Lipinski definition) is 11. The van der Waals surface area contributed by atoms with Crippen LogP contribution in [0.25, 0.3) is 0 Å². The van der Waals surface area contributed by atoms with Crippen molar-refractivity contribution in [3.63, 3.8) is 0 Å². The van der Waals surface area contributed by atoms with Gasteiger partial charge >= 0.3 is 6.09 Å². The fourth-order valence-electron chi connectivity index (χ4n) is 4.07. The molecule has 0 aliphatic carbocycles. The first kappa shape index (κ1) is 32.4. The van der Waals surface area contributed by atoms with Gasteiger partial charge in [0.15, 0.2) is 0 Å². The standard InChI is InChI=1S/C29H41N7O6/c1-29(2,3)42-28(39)36-19-22(37)17-23(36)26(38)32-12-8-6-7-10-20-18-33-27(35-25(20)31-13-9-15-40-4)34-21-11-14-30-24(16-21)41-5/h11,14,16,18,22-23,37H,6,8-9,12-13,15,17,19H2,1-5H3,(H,32,38)(H2,30,31,33,34,35)/t22-,23-/m0/s1. The first-order valence-electron chi connectivity index (χ1n) is 13.9. The third-order valence-corrected chi connectivity index (χ3v) is 6.02. The van der Waals surface area contributed by atoms with Crippen molar-refractivity contribution in [2.24, 2.45) is 0 Å². The van der Waals surface area contributed by atoms with Crippen LogP contribution in [0.15, 0.2) is 24.5 Å². The van der Waals surface area contributed by atoms with Crippen LogP contribution in [0.1, 0.15) is 52.0 Å². The summed E-state index contributed by atoms with van der Waals surface area (Å²) in [6.07, 6.45) is 3.98. The minimum absolute atomic E-state index is 0.0629. The number of β-amino-alcohol motifs (C(OH)–C–C–N with tert-alkyl or cyclic N) is 1. The van der Waals surface area contributed by atoms with E-state index in [1.165, 1.54) is 4.90 Å². The third kappa shape index (κ3) is 10.4. The number of nitrogens with one attached hydrogen (secondary N) is 3. The van der Waals surface area contributed by atoms with Crippen LogP contribution in [-0.2, 0) is 14.3 Å². The molecule has 4 N–H and O–H groups in total. The normalized spacial score (nSPS) is 16.3. The summed E-state index contributed by atoms with van der Waals surface area (Å²) in [4.78, 5) is 39.6. The first-order valence-corrected chi connectivity index (χ1v) is 13.9. The number of likely N-dealkylation sites (tertiary alicyclic amines) is 1. The Morgan fingerprint density at radius 1 is 1.19 bits per heavy atom. The van der Waals surface area contributed by atoms with Gasteiger partial charge in [0.05, 0.1) is 31.5 Å². The average molecular weight is 584 g/mol. The Hall–Kier alpha value is -4.15. The van der Waals surface area contributed by atoms with Gasteiger partial charge in [0.1, 0.15) is 17.5 Å². The Kier molecular flexibility index (Phi) is 12.1. The predicted molar refractivity (Wildman–Crippen MR) is 158 cm³/mol. The van der Waals surface area contributed by atoms with Crippen LogP contribution in [0, 0.1) is 11.8 Å². The molecular weight excluding hydrogens is 542 g/mol. The number of carbonyl (C=O) groups excluding carboxylic acids is 2. The number of ether oxygens (including phenoxy) is 3. The Bertz CT molecular complexity index is 1260. The minimum Gasteiger partial charge on any atom is -0.481 e. The largest absolute Gasteiger partial charge is 0.481 e. The first-order chi connectivity index (χ1) is 20.1. The molecule has 0 bridgehead atoms. The van der Waals surface area contributed by atoms with Crippen LogP contribution < -0.4 is 20.7 Å². The van der Waals surface area contributed by atoms with Gasteiger partial charge in [-0.15, -0.1) is 0 Å². The van der Waals surface area contributed by atoms with Crippen molar-refractivity contribution >= 4 is 29.5 Å². The number of amides is 2. The molecule has 0 radical (unpaired) electrons. The zero-order chi connectivity index (χ0) is 30.5. The maximum atomic E-state index is 12.8. The molecule has 3 heterocycles. The number of anilines is 3. The second kappa shape index (κ2) is 15.7. The summed E-state index contributed by atoms with van der Waals surface area (Å²) in [5, 5.41) is 19.3. The van der Waals surface area contributed by atoms with E-state index in [4.69, 9.17) is 14.2 Å². The molecule has 2 aromatic heterocycles. The van der Waals surface area contributed by atoms with Crippen LogP contribution >= 0.6 is 0 Å². The van der Waals surface area contributed by atoms with Gasteiger partial charge in [0.25, 0.3) is 0 Å². The molecule has 42 heavy (non-hydrogen) atoms. The van der Waals surface area contributed by atoms with Crippen LogP contribution in [0.2, 0.25) is 0 Å². The van der Waals surface area contributed by atoms with E-state index < -0.39 is 23.8 Å².